The largest absolute Gasteiger partial charge is 0.302 e. The first-order valence-electron chi connectivity index (χ1n) is 11.3. The van der Waals surface area contributed by atoms with Gasteiger partial charge in [-0.1, -0.05) is 76.6 Å². The first kappa shape index (κ1) is 26.4. The molecule has 0 unspecified atom stereocenters. The molecule has 4 rings (SSSR count). The summed E-state index contributed by atoms with van der Waals surface area (Å²) in [6.07, 6.45) is 0.917. The molecule has 0 aliphatic rings. The van der Waals surface area contributed by atoms with E-state index >= 15 is 0 Å². The first-order valence-corrected chi connectivity index (χ1v) is 12.9. The number of nitro groups is 2. The fourth-order valence-corrected chi connectivity index (χ4v) is 5.63. The monoisotopic (exact) mass is 625 g/mol. The van der Waals surface area contributed by atoms with Gasteiger partial charge in [0.2, 0.25) is 5.91 Å². The van der Waals surface area contributed by atoms with Gasteiger partial charge in [-0.15, -0.1) is 0 Å². The summed E-state index contributed by atoms with van der Waals surface area (Å²) in [4.78, 5) is 37.6. The van der Waals surface area contributed by atoms with Crippen molar-refractivity contribution >= 4 is 65.6 Å². The van der Waals surface area contributed by atoms with Crippen LogP contribution >= 0.6 is 31.9 Å². The van der Waals surface area contributed by atoms with Gasteiger partial charge >= 0.3 is 5.69 Å². The molecule has 0 saturated carbocycles. The number of anilines is 1. The number of amides is 1. The molecular formula is C27H21Br2N3O5. The van der Waals surface area contributed by atoms with E-state index < -0.39 is 15.8 Å². The van der Waals surface area contributed by atoms with Crippen LogP contribution in [0.15, 0.2) is 81.7 Å². The van der Waals surface area contributed by atoms with Crippen LogP contribution in [0.2, 0.25) is 0 Å². The molecule has 0 aromatic heterocycles. The maximum atomic E-state index is 12.7. The van der Waals surface area contributed by atoms with Gasteiger partial charge in [-0.3, -0.25) is 25.0 Å². The molecule has 0 saturated heterocycles. The smallest absolute Gasteiger partial charge is 0.301 e. The fourth-order valence-electron chi connectivity index (χ4n) is 4.39. The minimum atomic E-state index is -0.594. The van der Waals surface area contributed by atoms with E-state index in [9.17, 15) is 25.0 Å². The van der Waals surface area contributed by atoms with E-state index in [4.69, 9.17) is 0 Å². The van der Waals surface area contributed by atoms with Gasteiger partial charge in [-0.2, -0.15) is 0 Å². The number of benzene rings is 4. The Balaban J connectivity index is 1.93. The van der Waals surface area contributed by atoms with Crippen molar-refractivity contribution in [2.24, 2.45) is 0 Å². The number of carbonyl (C=O) groups excluding carboxylic acids is 1. The summed E-state index contributed by atoms with van der Waals surface area (Å²) in [5.74, 6) is -0.403. The molecule has 0 aliphatic heterocycles. The molecule has 8 nitrogen and oxygen atoms in total. The van der Waals surface area contributed by atoms with Crippen LogP contribution in [-0.2, 0) is 24.2 Å². The Morgan fingerprint density at radius 3 is 1.84 bits per heavy atom. The molecule has 0 fully saturated rings. The molecule has 0 N–H and O–H groups in total. The Kier molecular flexibility index (Phi) is 7.99. The van der Waals surface area contributed by atoms with Gasteiger partial charge in [0.05, 0.1) is 27.2 Å². The summed E-state index contributed by atoms with van der Waals surface area (Å²) in [6, 6.07) is 21.7. The Morgan fingerprint density at radius 1 is 0.784 bits per heavy atom. The number of hydrogen-bond acceptors (Lipinski definition) is 5. The molecule has 37 heavy (non-hydrogen) atoms. The van der Waals surface area contributed by atoms with Crippen LogP contribution in [0.5, 0.6) is 0 Å². The van der Waals surface area contributed by atoms with Crippen LogP contribution in [-0.4, -0.2) is 15.8 Å². The molecular weight excluding hydrogens is 606 g/mol. The summed E-state index contributed by atoms with van der Waals surface area (Å²) in [5.41, 5.74) is 1.71. The van der Waals surface area contributed by atoms with Crippen molar-refractivity contribution in [3.8, 4) is 0 Å². The summed E-state index contributed by atoms with van der Waals surface area (Å²) < 4.78 is 0.619. The van der Waals surface area contributed by atoms with Gasteiger partial charge in [0, 0.05) is 21.4 Å². The lowest BCUT2D eigenvalue weighted by Crippen LogP contribution is -2.29. The van der Waals surface area contributed by atoms with E-state index in [0.29, 0.717) is 22.9 Å². The Bertz CT molecular complexity index is 1510. The highest BCUT2D eigenvalue weighted by Gasteiger charge is 2.33. The molecule has 10 heteroatoms. The van der Waals surface area contributed by atoms with Gasteiger partial charge in [0.15, 0.2) is 0 Å². The second-order valence-corrected chi connectivity index (χ2v) is 10.1. The fraction of sp³-hybridized carbons (Fsp3) is 0.148. The molecule has 0 radical (unpaired) electrons. The predicted octanol–water partition coefficient (Wildman–Crippen LogP) is 7.52. The van der Waals surface area contributed by atoms with Crippen molar-refractivity contribution in [3.63, 3.8) is 0 Å². The molecule has 4 aromatic rings. The van der Waals surface area contributed by atoms with E-state index in [1.807, 2.05) is 60.7 Å². The Hall–Kier alpha value is -3.63. The number of fused-ring (bicyclic) bond motifs is 1. The van der Waals surface area contributed by atoms with Crippen LogP contribution in [0.3, 0.4) is 0 Å². The molecule has 0 aliphatic carbocycles. The highest BCUT2D eigenvalue weighted by Crippen LogP contribution is 2.47. The minimum Gasteiger partial charge on any atom is -0.301 e. The van der Waals surface area contributed by atoms with Gasteiger partial charge in [-0.25, -0.2) is 0 Å². The van der Waals surface area contributed by atoms with Gasteiger partial charge < -0.3 is 4.90 Å². The number of nitro benzene ring substituents is 2. The van der Waals surface area contributed by atoms with E-state index in [1.54, 1.807) is 0 Å². The summed E-state index contributed by atoms with van der Waals surface area (Å²) in [7, 11) is 0. The molecule has 0 heterocycles. The van der Waals surface area contributed by atoms with Crippen molar-refractivity contribution in [3.05, 3.63) is 119 Å². The summed E-state index contributed by atoms with van der Waals surface area (Å²) in [5, 5.41) is 24.9. The van der Waals surface area contributed by atoms with Crippen molar-refractivity contribution in [2.45, 2.75) is 26.3 Å². The molecule has 1 amide bonds. The Labute approximate surface area is 229 Å². The second-order valence-electron chi connectivity index (χ2n) is 8.43. The van der Waals surface area contributed by atoms with Gasteiger partial charge in [-0.05, 0) is 52.0 Å². The lowest BCUT2D eigenvalue weighted by atomic mass is 9.97. The van der Waals surface area contributed by atoms with Crippen LogP contribution < -0.4 is 4.90 Å². The standard InChI is InChI=1S/C27H21Br2N3O5/c1-17(33)30(16-19-10-6-3-7-11-19)27-24(29)15-21-22(26(27)32(36)37)14-23(28)20(25(21)31(34)35)13-12-18-8-4-2-5-9-18/h2-11,14-15H,12-13,16H2,1H3. The van der Waals surface area contributed by atoms with Crippen LogP contribution in [0.4, 0.5) is 17.1 Å². The third-order valence-electron chi connectivity index (χ3n) is 6.07. The zero-order valence-electron chi connectivity index (χ0n) is 19.7. The quantitative estimate of drug-likeness (QED) is 0.148. The average Bonchev–Trinajstić information content (AvgIpc) is 2.86. The maximum absolute atomic E-state index is 12.7. The van der Waals surface area contributed by atoms with E-state index in [-0.39, 0.29) is 38.9 Å². The van der Waals surface area contributed by atoms with Crippen molar-refractivity contribution < 1.29 is 14.6 Å². The predicted molar refractivity (Wildman–Crippen MR) is 150 cm³/mol. The number of carbonyl (C=O) groups is 1. The lowest BCUT2D eigenvalue weighted by molar-refractivity contribution is -0.384. The van der Waals surface area contributed by atoms with E-state index in [0.717, 1.165) is 11.1 Å². The zero-order valence-corrected chi connectivity index (χ0v) is 22.9. The third-order valence-corrected chi connectivity index (χ3v) is 7.38. The van der Waals surface area contributed by atoms with Crippen molar-refractivity contribution in [1.29, 1.82) is 0 Å². The number of aryl methyl sites for hydroxylation is 1. The summed E-state index contributed by atoms with van der Waals surface area (Å²) >= 11 is 6.83. The SMILES string of the molecule is CC(=O)N(Cc1ccccc1)c1c(Br)cc2c([N+](=O)[O-])c(CCc3ccccc3)c(Br)cc2c1[N+](=O)[O-]. The van der Waals surface area contributed by atoms with Crippen LogP contribution in [0.25, 0.3) is 10.8 Å². The molecule has 188 valence electrons. The van der Waals surface area contributed by atoms with Gasteiger partial charge in [0.25, 0.3) is 5.69 Å². The molecule has 4 aromatic carbocycles. The van der Waals surface area contributed by atoms with Gasteiger partial charge in [0.1, 0.15) is 5.69 Å². The van der Waals surface area contributed by atoms with Crippen molar-refractivity contribution in [1.82, 2.24) is 0 Å². The molecule has 0 spiro atoms. The zero-order chi connectivity index (χ0) is 26.7. The number of hydrogen-bond donors (Lipinski definition) is 0. The topological polar surface area (TPSA) is 107 Å². The lowest BCUT2D eigenvalue weighted by Gasteiger charge is -2.23. The highest BCUT2D eigenvalue weighted by atomic mass is 79.9. The van der Waals surface area contributed by atoms with Crippen LogP contribution in [0, 0.1) is 20.2 Å². The first-order chi connectivity index (χ1) is 17.7. The van der Waals surface area contributed by atoms with Crippen LogP contribution in [0.1, 0.15) is 23.6 Å². The number of rotatable bonds is 8. The third kappa shape index (κ3) is 5.55. The van der Waals surface area contributed by atoms with E-state index in [1.165, 1.54) is 24.0 Å². The number of nitrogens with zero attached hydrogens (tertiary/aromatic N) is 3. The van der Waals surface area contributed by atoms with Crippen molar-refractivity contribution in [2.75, 3.05) is 4.90 Å². The highest BCUT2D eigenvalue weighted by molar-refractivity contribution is 9.11. The minimum absolute atomic E-state index is 0.0482. The molecule has 0 bridgehead atoms. The summed E-state index contributed by atoms with van der Waals surface area (Å²) in [6.45, 7) is 1.42. The van der Waals surface area contributed by atoms with E-state index in [2.05, 4.69) is 31.9 Å². The molecule has 0 atom stereocenters. The normalized spacial score (nSPS) is 10.9. The Morgan fingerprint density at radius 2 is 1.30 bits per heavy atom. The maximum Gasteiger partial charge on any atom is 0.302 e. The average molecular weight is 627 g/mol. The number of halogens is 2. The second kappa shape index (κ2) is 11.2.